The number of alkyl halides is 1. The average Bonchev–Trinajstić information content (AvgIpc) is 2.15. The van der Waals surface area contributed by atoms with Crippen LogP contribution in [-0.4, -0.2) is 30.4 Å². The van der Waals surface area contributed by atoms with Gasteiger partial charge in [0.2, 0.25) is 0 Å². The van der Waals surface area contributed by atoms with E-state index >= 15 is 0 Å². The van der Waals surface area contributed by atoms with Crippen LogP contribution in [0.25, 0.3) is 0 Å². The van der Waals surface area contributed by atoms with Crippen LogP contribution in [0.2, 0.25) is 0 Å². The highest BCUT2D eigenvalue weighted by molar-refractivity contribution is 6.17. The minimum Gasteiger partial charge on any atom is -0.303 e. The number of unbranched alkanes of at least 4 members (excludes halogenated alkanes) is 2. The van der Waals surface area contributed by atoms with Crippen molar-refractivity contribution in [2.45, 2.75) is 39.0 Å². The molecule has 0 aromatic carbocycles. The first-order valence-corrected chi connectivity index (χ1v) is 6.14. The van der Waals surface area contributed by atoms with E-state index in [1.54, 1.807) is 0 Å². The molecule has 0 unspecified atom stereocenters. The summed E-state index contributed by atoms with van der Waals surface area (Å²) in [5.41, 5.74) is 0. The van der Waals surface area contributed by atoms with Crippen LogP contribution in [0.1, 0.15) is 39.0 Å². The number of likely N-dealkylation sites (tertiary alicyclic amines) is 1. The quantitative estimate of drug-likeness (QED) is 0.490. The van der Waals surface area contributed by atoms with Gasteiger partial charge in [-0.15, -0.1) is 11.6 Å². The third-order valence-corrected chi connectivity index (χ3v) is 3.25. The van der Waals surface area contributed by atoms with Gasteiger partial charge in [0.15, 0.2) is 0 Å². The molecule has 1 heterocycles. The molecule has 78 valence electrons. The molecule has 0 aromatic rings. The van der Waals surface area contributed by atoms with Gasteiger partial charge in [0.05, 0.1) is 0 Å². The summed E-state index contributed by atoms with van der Waals surface area (Å²) in [6, 6.07) is 0. The molecule has 1 rings (SSSR count). The molecule has 1 aliphatic heterocycles. The monoisotopic (exact) mass is 203 g/mol. The highest BCUT2D eigenvalue weighted by Gasteiger charge is 2.14. The van der Waals surface area contributed by atoms with Crippen LogP contribution in [0.3, 0.4) is 0 Å². The van der Waals surface area contributed by atoms with Crippen molar-refractivity contribution < 1.29 is 0 Å². The standard InChI is InChI=1S/C11H22ClN/c1-11-5-9-13(10-6-11)8-4-2-3-7-12/h11H,2-10H2,1H3. The lowest BCUT2D eigenvalue weighted by atomic mass is 9.99. The van der Waals surface area contributed by atoms with Crippen molar-refractivity contribution in [2.24, 2.45) is 5.92 Å². The number of halogens is 1. The van der Waals surface area contributed by atoms with Gasteiger partial charge in [0.1, 0.15) is 0 Å². The van der Waals surface area contributed by atoms with Crippen molar-refractivity contribution in [1.29, 1.82) is 0 Å². The number of hydrogen-bond donors (Lipinski definition) is 0. The van der Waals surface area contributed by atoms with Crippen LogP contribution in [0, 0.1) is 5.92 Å². The molecule has 0 amide bonds. The smallest absolute Gasteiger partial charge is 0.0223 e. The second-order valence-corrected chi connectivity index (χ2v) is 4.65. The molecule has 0 saturated carbocycles. The Morgan fingerprint density at radius 3 is 2.46 bits per heavy atom. The van der Waals surface area contributed by atoms with Gasteiger partial charge < -0.3 is 4.90 Å². The normalized spacial score (nSPS) is 20.8. The van der Waals surface area contributed by atoms with Gasteiger partial charge >= 0.3 is 0 Å². The average molecular weight is 204 g/mol. The summed E-state index contributed by atoms with van der Waals surface area (Å²) in [4.78, 5) is 2.61. The fraction of sp³-hybridized carbons (Fsp3) is 1.00. The van der Waals surface area contributed by atoms with Crippen molar-refractivity contribution in [1.82, 2.24) is 4.90 Å². The number of piperidine rings is 1. The molecule has 0 spiro atoms. The number of rotatable bonds is 5. The SMILES string of the molecule is CC1CCN(CCCCCCl)CC1. The van der Waals surface area contributed by atoms with Crippen LogP contribution in [0.5, 0.6) is 0 Å². The topological polar surface area (TPSA) is 3.24 Å². The van der Waals surface area contributed by atoms with E-state index in [1.165, 1.54) is 51.7 Å². The molecule has 13 heavy (non-hydrogen) atoms. The predicted octanol–water partition coefficient (Wildman–Crippen LogP) is 3.13. The Kier molecular flexibility index (Phi) is 5.81. The fourth-order valence-electron chi connectivity index (χ4n) is 1.89. The van der Waals surface area contributed by atoms with Gasteiger partial charge in [-0.05, 0) is 51.2 Å². The van der Waals surface area contributed by atoms with Crippen LogP contribution in [0.15, 0.2) is 0 Å². The van der Waals surface area contributed by atoms with E-state index in [4.69, 9.17) is 11.6 Å². The summed E-state index contributed by atoms with van der Waals surface area (Å²) < 4.78 is 0. The van der Waals surface area contributed by atoms with Crippen molar-refractivity contribution in [3.05, 3.63) is 0 Å². The molecule has 0 bridgehead atoms. The van der Waals surface area contributed by atoms with Crippen LogP contribution < -0.4 is 0 Å². The van der Waals surface area contributed by atoms with E-state index in [1.807, 2.05) is 0 Å². The zero-order valence-corrected chi connectivity index (χ0v) is 9.52. The van der Waals surface area contributed by atoms with Crippen LogP contribution in [-0.2, 0) is 0 Å². The molecule has 0 aliphatic carbocycles. The third kappa shape index (κ3) is 4.87. The Labute approximate surface area is 87.4 Å². The fourth-order valence-corrected chi connectivity index (χ4v) is 2.08. The molecule has 0 radical (unpaired) electrons. The summed E-state index contributed by atoms with van der Waals surface area (Å²) in [6.45, 7) is 6.30. The summed E-state index contributed by atoms with van der Waals surface area (Å²) in [5, 5.41) is 0. The predicted molar refractivity (Wildman–Crippen MR) is 59.4 cm³/mol. The highest BCUT2D eigenvalue weighted by atomic mass is 35.5. The first-order valence-electron chi connectivity index (χ1n) is 5.61. The highest BCUT2D eigenvalue weighted by Crippen LogP contribution is 2.16. The molecular weight excluding hydrogens is 182 g/mol. The molecule has 1 fully saturated rings. The van der Waals surface area contributed by atoms with Gasteiger partial charge in [-0.25, -0.2) is 0 Å². The maximum atomic E-state index is 5.63. The maximum absolute atomic E-state index is 5.63. The van der Waals surface area contributed by atoms with Gasteiger partial charge in [-0.1, -0.05) is 13.3 Å². The minimum absolute atomic E-state index is 0.830. The second kappa shape index (κ2) is 6.67. The van der Waals surface area contributed by atoms with Gasteiger partial charge in [0.25, 0.3) is 0 Å². The molecule has 1 saturated heterocycles. The summed E-state index contributed by atoms with van der Waals surface area (Å²) in [7, 11) is 0. The minimum atomic E-state index is 0.830. The Hall–Kier alpha value is 0.250. The lowest BCUT2D eigenvalue weighted by Crippen LogP contribution is -2.33. The second-order valence-electron chi connectivity index (χ2n) is 4.27. The molecule has 1 nitrogen and oxygen atoms in total. The largest absolute Gasteiger partial charge is 0.303 e. The van der Waals surface area contributed by atoms with E-state index in [9.17, 15) is 0 Å². The molecule has 2 heteroatoms. The lowest BCUT2D eigenvalue weighted by molar-refractivity contribution is 0.189. The summed E-state index contributed by atoms with van der Waals surface area (Å²) >= 11 is 5.63. The van der Waals surface area contributed by atoms with Crippen molar-refractivity contribution in [3.63, 3.8) is 0 Å². The van der Waals surface area contributed by atoms with E-state index in [-0.39, 0.29) is 0 Å². The summed E-state index contributed by atoms with van der Waals surface area (Å²) in [5.74, 6) is 1.79. The Morgan fingerprint density at radius 1 is 1.15 bits per heavy atom. The summed E-state index contributed by atoms with van der Waals surface area (Å²) in [6.07, 6.45) is 6.62. The van der Waals surface area contributed by atoms with E-state index < -0.39 is 0 Å². The lowest BCUT2D eigenvalue weighted by Gasteiger charge is -2.30. The van der Waals surface area contributed by atoms with Crippen molar-refractivity contribution in [3.8, 4) is 0 Å². The molecular formula is C11H22ClN. The van der Waals surface area contributed by atoms with E-state index in [2.05, 4.69) is 11.8 Å². The van der Waals surface area contributed by atoms with Crippen LogP contribution in [0.4, 0.5) is 0 Å². The number of nitrogens with zero attached hydrogens (tertiary/aromatic N) is 1. The van der Waals surface area contributed by atoms with Crippen molar-refractivity contribution >= 4 is 11.6 Å². The van der Waals surface area contributed by atoms with Gasteiger partial charge in [-0.3, -0.25) is 0 Å². The van der Waals surface area contributed by atoms with E-state index in [0.29, 0.717) is 0 Å². The molecule has 1 aliphatic rings. The number of hydrogen-bond acceptors (Lipinski definition) is 1. The van der Waals surface area contributed by atoms with Gasteiger partial charge in [0, 0.05) is 5.88 Å². The third-order valence-electron chi connectivity index (χ3n) is 2.98. The first kappa shape index (κ1) is 11.3. The zero-order chi connectivity index (χ0) is 9.52. The van der Waals surface area contributed by atoms with E-state index in [0.717, 1.165) is 11.8 Å². The Morgan fingerprint density at radius 2 is 1.85 bits per heavy atom. The molecule has 0 atom stereocenters. The van der Waals surface area contributed by atoms with Crippen LogP contribution >= 0.6 is 11.6 Å². The Balaban J connectivity index is 1.96. The first-order chi connectivity index (χ1) is 6.33. The zero-order valence-electron chi connectivity index (χ0n) is 8.77. The maximum Gasteiger partial charge on any atom is 0.0223 e. The molecule has 0 aromatic heterocycles. The van der Waals surface area contributed by atoms with Gasteiger partial charge in [-0.2, -0.15) is 0 Å². The molecule has 0 N–H and O–H groups in total. The Bertz CT molecular complexity index is 119. The van der Waals surface area contributed by atoms with Crippen molar-refractivity contribution in [2.75, 3.05) is 25.5 Å².